The lowest BCUT2D eigenvalue weighted by atomic mass is 9.72. The molecular weight excluding hydrogens is 468 g/mol. The first-order valence-corrected chi connectivity index (χ1v) is 14.5. The Morgan fingerprint density at radius 1 is 1.17 bits per heavy atom. The molecule has 2 unspecified atom stereocenters. The summed E-state index contributed by atoms with van der Waals surface area (Å²) in [5.41, 5.74) is 7.90. The number of hydrogen-bond acceptors (Lipinski definition) is 3. The van der Waals surface area contributed by atoms with Crippen molar-refractivity contribution in [2.45, 2.75) is 107 Å². The Hall–Kier alpha value is -1.58. The van der Waals surface area contributed by atoms with Crippen LogP contribution in [0.3, 0.4) is 0 Å². The molecule has 0 saturated carbocycles. The number of anilines is 1. The van der Waals surface area contributed by atoms with Gasteiger partial charge in [-0.3, -0.25) is 0 Å². The molecular formula is C31H45ClN2S. The molecule has 1 heterocycles. The molecule has 0 bridgehead atoms. The number of benzene rings is 1. The standard InChI is InChI=1S/C31H45ClN2S/c1-10-12-13-27(31(9)15-14-23(11-2)21(4)18-31)33-29-34-28(22(5)35-29)25-16-20(3)24(17-26(25)32)19-30(6,7)8/h14,16-18,27H,10-13,15,19H2,1-9H3,(H,33,34). The van der Waals surface area contributed by atoms with Crippen molar-refractivity contribution in [3.63, 3.8) is 0 Å². The van der Waals surface area contributed by atoms with Gasteiger partial charge in [0.2, 0.25) is 0 Å². The number of hydrogen-bond donors (Lipinski definition) is 1. The van der Waals surface area contributed by atoms with Crippen LogP contribution in [0, 0.1) is 24.7 Å². The van der Waals surface area contributed by atoms with E-state index >= 15 is 0 Å². The average molecular weight is 513 g/mol. The minimum atomic E-state index is 0.0838. The first-order chi connectivity index (χ1) is 16.4. The average Bonchev–Trinajstić information content (AvgIpc) is 3.12. The van der Waals surface area contributed by atoms with Crippen LogP contribution in [0.15, 0.2) is 35.4 Å². The molecule has 0 amide bonds. The van der Waals surface area contributed by atoms with Crippen molar-refractivity contribution in [3.8, 4) is 11.3 Å². The van der Waals surface area contributed by atoms with Crippen LogP contribution in [-0.2, 0) is 6.42 Å². The van der Waals surface area contributed by atoms with E-state index in [-0.39, 0.29) is 10.8 Å². The molecule has 0 radical (unpaired) electrons. The third-order valence-electron chi connectivity index (χ3n) is 7.36. The number of unbranched alkanes of at least 4 members (excludes halogenated alkanes) is 1. The van der Waals surface area contributed by atoms with Gasteiger partial charge in [-0.1, -0.05) is 83.7 Å². The maximum absolute atomic E-state index is 6.84. The molecule has 2 aromatic rings. The van der Waals surface area contributed by atoms with Crippen LogP contribution < -0.4 is 5.32 Å². The number of nitrogens with one attached hydrogen (secondary N) is 1. The van der Waals surface area contributed by atoms with Crippen LogP contribution in [0.5, 0.6) is 0 Å². The third kappa shape index (κ3) is 6.80. The van der Waals surface area contributed by atoms with Gasteiger partial charge in [-0.25, -0.2) is 4.98 Å². The first kappa shape index (κ1) is 28.0. The Labute approximate surface area is 223 Å². The number of halogens is 1. The fourth-order valence-corrected chi connectivity index (χ4v) is 6.47. The van der Waals surface area contributed by atoms with Crippen LogP contribution in [0.4, 0.5) is 5.13 Å². The Morgan fingerprint density at radius 2 is 1.89 bits per heavy atom. The number of aromatic nitrogens is 1. The van der Waals surface area contributed by atoms with E-state index in [2.05, 4.69) is 91.9 Å². The first-order valence-electron chi connectivity index (χ1n) is 13.3. The van der Waals surface area contributed by atoms with E-state index < -0.39 is 0 Å². The van der Waals surface area contributed by atoms with Crippen LogP contribution in [0.25, 0.3) is 11.3 Å². The molecule has 1 aromatic carbocycles. The van der Waals surface area contributed by atoms with E-state index in [1.165, 1.54) is 40.0 Å². The summed E-state index contributed by atoms with van der Waals surface area (Å²) in [5, 5.41) is 5.68. The summed E-state index contributed by atoms with van der Waals surface area (Å²) in [6.45, 7) is 20.4. The van der Waals surface area contributed by atoms with Gasteiger partial charge in [0.15, 0.2) is 5.13 Å². The predicted octanol–water partition coefficient (Wildman–Crippen LogP) is 10.3. The zero-order valence-electron chi connectivity index (χ0n) is 23.4. The maximum Gasteiger partial charge on any atom is 0.183 e. The van der Waals surface area contributed by atoms with Gasteiger partial charge in [0, 0.05) is 21.9 Å². The third-order valence-corrected chi connectivity index (χ3v) is 8.57. The topological polar surface area (TPSA) is 24.9 Å². The minimum Gasteiger partial charge on any atom is -0.358 e. The van der Waals surface area contributed by atoms with E-state index in [9.17, 15) is 0 Å². The van der Waals surface area contributed by atoms with E-state index in [0.29, 0.717) is 6.04 Å². The summed E-state index contributed by atoms with van der Waals surface area (Å²) in [4.78, 5) is 6.31. The predicted molar refractivity (Wildman–Crippen MR) is 157 cm³/mol. The number of thiazole rings is 1. The highest BCUT2D eigenvalue weighted by atomic mass is 35.5. The summed E-state index contributed by atoms with van der Waals surface area (Å²) in [6.07, 6.45) is 11.7. The monoisotopic (exact) mass is 512 g/mol. The summed E-state index contributed by atoms with van der Waals surface area (Å²) in [5.74, 6) is 0. The Morgan fingerprint density at radius 3 is 2.49 bits per heavy atom. The van der Waals surface area contributed by atoms with E-state index in [4.69, 9.17) is 16.6 Å². The molecule has 35 heavy (non-hydrogen) atoms. The maximum atomic E-state index is 6.84. The summed E-state index contributed by atoms with van der Waals surface area (Å²) in [6, 6.07) is 4.73. The van der Waals surface area contributed by atoms with Gasteiger partial charge in [-0.05, 0) is 80.7 Å². The van der Waals surface area contributed by atoms with Crippen molar-refractivity contribution in [1.29, 1.82) is 0 Å². The number of nitrogens with zero attached hydrogens (tertiary/aromatic N) is 1. The van der Waals surface area contributed by atoms with Gasteiger partial charge in [0.05, 0.1) is 10.7 Å². The summed E-state index contributed by atoms with van der Waals surface area (Å²) < 4.78 is 0. The molecule has 0 fully saturated rings. The van der Waals surface area contributed by atoms with Crippen molar-refractivity contribution in [2.24, 2.45) is 10.8 Å². The molecule has 2 atom stereocenters. The van der Waals surface area contributed by atoms with Crippen molar-refractivity contribution in [1.82, 2.24) is 4.98 Å². The Bertz CT molecular complexity index is 1100. The number of allylic oxidation sites excluding steroid dienone is 3. The largest absolute Gasteiger partial charge is 0.358 e. The molecule has 192 valence electrons. The molecule has 0 spiro atoms. The van der Waals surface area contributed by atoms with Crippen LogP contribution in [-0.4, -0.2) is 11.0 Å². The van der Waals surface area contributed by atoms with Crippen LogP contribution in [0.2, 0.25) is 5.02 Å². The molecule has 1 aliphatic rings. The lowest BCUT2D eigenvalue weighted by molar-refractivity contribution is 0.331. The Kier molecular flexibility index (Phi) is 8.97. The highest BCUT2D eigenvalue weighted by molar-refractivity contribution is 7.16. The van der Waals surface area contributed by atoms with Gasteiger partial charge in [0.25, 0.3) is 0 Å². The van der Waals surface area contributed by atoms with Gasteiger partial charge in [-0.15, -0.1) is 11.3 Å². The van der Waals surface area contributed by atoms with Crippen molar-refractivity contribution in [3.05, 3.63) is 56.5 Å². The zero-order valence-corrected chi connectivity index (χ0v) is 24.9. The molecule has 0 saturated heterocycles. The smallest absolute Gasteiger partial charge is 0.183 e. The highest BCUT2D eigenvalue weighted by Gasteiger charge is 2.34. The molecule has 1 N–H and O–H groups in total. The van der Waals surface area contributed by atoms with Gasteiger partial charge < -0.3 is 5.32 Å². The van der Waals surface area contributed by atoms with Gasteiger partial charge >= 0.3 is 0 Å². The van der Waals surface area contributed by atoms with Crippen LogP contribution in [0.1, 0.15) is 96.6 Å². The fraction of sp³-hybridized carbons (Fsp3) is 0.581. The van der Waals surface area contributed by atoms with E-state index in [1.807, 2.05) is 0 Å². The second kappa shape index (κ2) is 11.2. The molecule has 1 aliphatic carbocycles. The number of aryl methyl sites for hydroxylation is 2. The lowest BCUT2D eigenvalue weighted by Crippen LogP contribution is -2.38. The molecule has 3 rings (SSSR count). The van der Waals surface area contributed by atoms with E-state index in [0.717, 1.165) is 47.1 Å². The second-order valence-electron chi connectivity index (χ2n) is 11.9. The van der Waals surface area contributed by atoms with Gasteiger partial charge in [0.1, 0.15) is 0 Å². The number of rotatable bonds is 9. The lowest BCUT2D eigenvalue weighted by Gasteiger charge is -2.38. The molecule has 0 aliphatic heterocycles. The summed E-state index contributed by atoms with van der Waals surface area (Å²) in [7, 11) is 0. The minimum absolute atomic E-state index is 0.0838. The fourth-order valence-electron chi connectivity index (χ4n) is 5.31. The Balaban J connectivity index is 1.90. The molecule has 2 nitrogen and oxygen atoms in total. The van der Waals surface area contributed by atoms with Gasteiger partial charge in [-0.2, -0.15) is 0 Å². The normalized spacial score (nSPS) is 19.4. The highest BCUT2D eigenvalue weighted by Crippen LogP contribution is 2.42. The quantitative estimate of drug-likeness (QED) is 0.361. The van der Waals surface area contributed by atoms with Crippen molar-refractivity contribution < 1.29 is 0 Å². The summed E-state index contributed by atoms with van der Waals surface area (Å²) >= 11 is 8.59. The zero-order chi connectivity index (χ0) is 26.0. The SMILES string of the molecule is CCCCC(Nc1nc(-c2cc(C)c(CC(C)(C)C)cc2Cl)c(C)s1)C1(C)C=C(C)C(CC)=CC1. The molecule has 4 heteroatoms. The van der Waals surface area contributed by atoms with Crippen LogP contribution >= 0.6 is 22.9 Å². The van der Waals surface area contributed by atoms with E-state index in [1.54, 1.807) is 11.3 Å². The second-order valence-corrected chi connectivity index (χ2v) is 13.5. The van der Waals surface area contributed by atoms with Crippen molar-refractivity contribution >= 4 is 28.1 Å². The van der Waals surface area contributed by atoms with Crippen molar-refractivity contribution in [2.75, 3.05) is 5.32 Å². The molecule has 1 aromatic heterocycles.